The Hall–Kier alpha value is -1.84. The summed E-state index contributed by atoms with van der Waals surface area (Å²) in [7, 11) is 0. The number of rotatable bonds is 5. The minimum atomic E-state index is -0.403. The van der Waals surface area contributed by atoms with E-state index in [1.165, 1.54) is 0 Å². The van der Waals surface area contributed by atoms with Crippen LogP contribution in [-0.4, -0.2) is 5.91 Å². The van der Waals surface area contributed by atoms with Gasteiger partial charge in [0.2, 0.25) is 5.91 Å². The lowest BCUT2D eigenvalue weighted by Gasteiger charge is -2.08. The maximum atomic E-state index is 11.3. The summed E-state index contributed by atoms with van der Waals surface area (Å²) in [4.78, 5) is 11.3. The molecule has 0 bridgehead atoms. The van der Waals surface area contributed by atoms with Crippen LogP contribution >= 0.6 is 11.6 Å². The van der Waals surface area contributed by atoms with Crippen molar-refractivity contribution in [2.75, 3.05) is 0 Å². The Morgan fingerprint density at radius 1 is 1.11 bits per heavy atom. The SMILES string of the molecule is NC(=O)c1ccccc1CNCc1cccc(Cl)c1. The highest BCUT2D eigenvalue weighted by Crippen LogP contribution is 2.11. The van der Waals surface area contributed by atoms with Gasteiger partial charge < -0.3 is 11.1 Å². The number of amides is 1. The smallest absolute Gasteiger partial charge is 0.249 e. The van der Waals surface area contributed by atoms with Gasteiger partial charge >= 0.3 is 0 Å². The van der Waals surface area contributed by atoms with Gasteiger partial charge in [0.15, 0.2) is 0 Å². The molecule has 2 aromatic rings. The van der Waals surface area contributed by atoms with Gasteiger partial charge in [0.05, 0.1) is 0 Å². The monoisotopic (exact) mass is 274 g/mol. The maximum absolute atomic E-state index is 11.3. The van der Waals surface area contributed by atoms with E-state index in [1.807, 2.05) is 36.4 Å². The summed E-state index contributed by atoms with van der Waals surface area (Å²) in [6.45, 7) is 1.28. The summed E-state index contributed by atoms with van der Waals surface area (Å²) < 4.78 is 0. The molecule has 2 rings (SSSR count). The van der Waals surface area contributed by atoms with E-state index < -0.39 is 5.91 Å². The van der Waals surface area contributed by atoms with E-state index in [0.717, 1.165) is 16.1 Å². The van der Waals surface area contributed by atoms with Crippen LogP contribution in [0.15, 0.2) is 48.5 Å². The standard InChI is InChI=1S/C15H15ClN2O/c16-13-6-3-4-11(8-13)9-18-10-12-5-1-2-7-14(12)15(17)19/h1-8,18H,9-10H2,(H2,17,19). The van der Waals surface area contributed by atoms with Gasteiger partial charge in [0.25, 0.3) is 0 Å². The van der Waals surface area contributed by atoms with Crippen LogP contribution in [0.5, 0.6) is 0 Å². The van der Waals surface area contributed by atoms with Crippen molar-refractivity contribution in [3.05, 3.63) is 70.2 Å². The van der Waals surface area contributed by atoms with Gasteiger partial charge in [-0.1, -0.05) is 41.9 Å². The topological polar surface area (TPSA) is 55.1 Å². The van der Waals surface area contributed by atoms with E-state index in [4.69, 9.17) is 17.3 Å². The van der Waals surface area contributed by atoms with Crippen molar-refractivity contribution in [1.29, 1.82) is 0 Å². The molecule has 1 amide bonds. The predicted octanol–water partition coefficient (Wildman–Crippen LogP) is 2.73. The Morgan fingerprint density at radius 2 is 1.89 bits per heavy atom. The average Bonchev–Trinajstić information content (AvgIpc) is 2.39. The fraction of sp³-hybridized carbons (Fsp3) is 0.133. The first-order valence-corrected chi connectivity index (χ1v) is 6.37. The lowest BCUT2D eigenvalue weighted by Crippen LogP contribution is -2.18. The fourth-order valence-electron chi connectivity index (χ4n) is 1.90. The first-order chi connectivity index (χ1) is 9.16. The molecular weight excluding hydrogens is 260 g/mol. The molecular formula is C15H15ClN2O. The maximum Gasteiger partial charge on any atom is 0.249 e. The molecule has 4 heteroatoms. The van der Waals surface area contributed by atoms with Gasteiger partial charge in [-0.2, -0.15) is 0 Å². The minimum absolute atomic E-state index is 0.403. The second-order valence-electron chi connectivity index (χ2n) is 4.25. The molecule has 98 valence electrons. The molecule has 0 heterocycles. The van der Waals surface area contributed by atoms with Crippen LogP contribution < -0.4 is 11.1 Å². The van der Waals surface area contributed by atoms with Crippen molar-refractivity contribution in [2.45, 2.75) is 13.1 Å². The molecule has 0 saturated heterocycles. The van der Waals surface area contributed by atoms with Crippen LogP contribution in [0.1, 0.15) is 21.5 Å². The molecule has 0 aromatic heterocycles. The van der Waals surface area contributed by atoms with Crippen LogP contribution in [0.4, 0.5) is 0 Å². The van der Waals surface area contributed by atoms with E-state index in [2.05, 4.69) is 5.32 Å². The third-order valence-corrected chi connectivity index (χ3v) is 3.05. The van der Waals surface area contributed by atoms with Crippen LogP contribution in [-0.2, 0) is 13.1 Å². The molecule has 0 radical (unpaired) electrons. The Labute approximate surface area is 117 Å². The summed E-state index contributed by atoms with van der Waals surface area (Å²) in [5.41, 5.74) is 7.89. The number of halogens is 1. The molecule has 3 nitrogen and oxygen atoms in total. The van der Waals surface area contributed by atoms with E-state index in [1.54, 1.807) is 12.1 Å². The first kappa shape index (κ1) is 13.6. The molecule has 0 fully saturated rings. The van der Waals surface area contributed by atoms with Crippen molar-refractivity contribution in [2.24, 2.45) is 5.73 Å². The van der Waals surface area contributed by atoms with Gasteiger partial charge in [-0.3, -0.25) is 4.79 Å². The van der Waals surface area contributed by atoms with Crippen LogP contribution in [0.25, 0.3) is 0 Å². The highest BCUT2D eigenvalue weighted by molar-refractivity contribution is 6.30. The number of nitrogens with two attached hydrogens (primary N) is 1. The zero-order chi connectivity index (χ0) is 13.7. The number of hydrogen-bond donors (Lipinski definition) is 2. The minimum Gasteiger partial charge on any atom is -0.366 e. The highest BCUT2D eigenvalue weighted by Gasteiger charge is 2.06. The van der Waals surface area contributed by atoms with Crippen molar-refractivity contribution in [3.8, 4) is 0 Å². The number of primary amides is 1. The zero-order valence-electron chi connectivity index (χ0n) is 10.4. The Balaban J connectivity index is 1.98. The summed E-state index contributed by atoms with van der Waals surface area (Å²) in [5.74, 6) is -0.403. The zero-order valence-corrected chi connectivity index (χ0v) is 11.2. The van der Waals surface area contributed by atoms with Gasteiger partial charge in [-0.25, -0.2) is 0 Å². The van der Waals surface area contributed by atoms with Gasteiger partial charge in [0, 0.05) is 23.7 Å². The molecule has 19 heavy (non-hydrogen) atoms. The van der Waals surface area contributed by atoms with E-state index in [9.17, 15) is 4.79 Å². The van der Waals surface area contributed by atoms with Crippen LogP contribution in [0.3, 0.4) is 0 Å². The number of benzene rings is 2. The third-order valence-electron chi connectivity index (χ3n) is 2.82. The molecule has 0 aliphatic heterocycles. The fourth-order valence-corrected chi connectivity index (χ4v) is 2.12. The number of nitrogens with one attached hydrogen (secondary N) is 1. The van der Waals surface area contributed by atoms with Gasteiger partial charge in [-0.15, -0.1) is 0 Å². The van der Waals surface area contributed by atoms with Crippen LogP contribution in [0.2, 0.25) is 5.02 Å². The summed E-state index contributed by atoms with van der Waals surface area (Å²) in [6.07, 6.45) is 0. The van der Waals surface area contributed by atoms with E-state index >= 15 is 0 Å². The molecule has 0 aliphatic rings. The lowest BCUT2D eigenvalue weighted by atomic mass is 10.1. The molecule has 3 N–H and O–H groups in total. The first-order valence-electron chi connectivity index (χ1n) is 5.99. The third kappa shape index (κ3) is 3.81. The highest BCUT2D eigenvalue weighted by atomic mass is 35.5. The van der Waals surface area contributed by atoms with Gasteiger partial charge in [0.1, 0.15) is 0 Å². The number of carbonyl (C=O) groups is 1. The van der Waals surface area contributed by atoms with Crippen molar-refractivity contribution in [1.82, 2.24) is 5.32 Å². The summed E-state index contributed by atoms with van der Waals surface area (Å²) >= 11 is 5.92. The molecule has 0 unspecified atom stereocenters. The second-order valence-corrected chi connectivity index (χ2v) is 4.69. The number of carbonyl (C=O) groups excluding carboxylic acids is 1. The lowest BCUT2D eigenvalue weighted by molar-refractivity contribution is 0.0999. The normalized spacial score (nSPS) is 10.4. The van der Waals surface area contributed by atoms with Crippen LogP contribution in [0, 0.1) is 0 Å². The Bertz CT molecular complexity index is 584. The van der Waals surface area contributed by atoms with Crippen molar-refractivity contribution in [3.63, 3.8) is 0 Å². The van der Waals surface area contributed by atoms with Crippen molar-refractivity contribution < 1.29 is 4.79 Å². The summed E-state index contributed by atoms with van der Waals surface area (Å²) in [5, 5.41) is 3.99. The predicted molar refractivity (Wildman–Crippen MR) is 77.0 cm³/mol. The van der Waals surface area contributed by atoms with E-state index in [-0.39, 0.29) is 0 Å². The summed E-state index contributed by atoms with van der Waals surface area (Å²) in [6, 6.07) is 15.0. The largest absolute Gasteiger partial charge is 0.366 e. The second kappa shape index (κ2) is 6.36. The number of hydrogen-bond acceptors (Lipinski definition) is 2. The Kier molecular flexibility index (Phi) is 4.55. The van der Waals surface area contributed by atoms with Crippen molar-refractivity contribution >= 4 is 17.5 Å². The molecule has 0 saturated carbocycles. The molecule has 0 spiro atoms. The molecule has 0 atom stereocenters. The quantitative estimate of drug-likeness (QED) is 0.881. The molecule has 0 aliphatic carbocycles. The van der Waals surface area contributed by atoms with Gasteiger partial charge in [-0.05, 0) is 29.3 Å². The van der Waals surface area contributed by atoms with E-state index in [0.29, 0.717) is 18.7 Å². The molecule has 2 aromatic carbocycles. The average molecular weight is 275 g/mol. The Morgan fingerprint density at radius 3 is 2.63 bits per heavy atom.